The Morgan fingerprint density at radius 3 is 2.62 bits per heavy atom. The number of imidazole rings is 1. The van der Waals surface area contributed by atoms with Crippen LogP contribution in [0.4, 0.5) is 5.69 Å². The third-order valence-corrected chi connectivity index (χ3v) is 4.76. The molecule has 0 fully saturated rings. The molecule has 1 N–H and O–H groups in total. The van der Waals surface area contributed by atoms with Crippen LogP contribution >= 0.6 is 11.8 Å². The largest absolute Gasteiger partial charge is 0.324 e. The van der Waals surface area contributed by atoms with Crippen LogP contribution in [0.25, 0.3) is 16.7 Å². The zero-order chi connectivity index (χ0) is 17.8. The van der Waals surface area contributed by atoms with Crippen molar-refractivity contribution in [2.45, 2.75) is 5.16 Å². The first kappa shape index (κ1) is 16.4. The van der Waals surface area contributed by atoms with Gasteiger partial charge in [0, 0.05) is 11.9 Å². The van der Waals surface area contributed by atoms with Gasteiger partial charge in [0.05, 0.1) is 28.7 Å². The number of pyridine rings is 1. The summed E-state index contributed by atoms with van der Waals surface area (Å²) in [4.78, 5) is 21.0. The van der Waals surface area contributed by atoms with Gasteiger partial charge in [0.25, 0.3) is 0 Å². The lowest BCUT2D eigenvalue weighted by atomic mass is 10.3. The van der Waals surface area contributed by atoms with Crippen molar-refractivity contribution in [3.8, 4) is 5.69 Å². The second-order valence-corrected chi connectivity index (χ2v) is 6.58. The van der Waals surface area contributed by atoms with Gasteiger partial charge in [-0.1, -0.05) is 42.1 Å². The number of carbonyl (C=O) groups excluding carboxylic acids is 1. The molecule has 0 atom stereocenters. The second-order valence-electron chi connectivity index (χ2n) is 5.63. The molecule has 5 nitrogen and oxygen atoms in total. The number of carbonyl (C=O) groups is 1. The highest BCUT2D eigenvalue weighted by Crippen LogP contribution is 2.27. The van der Waals surface area contributed by atoms with E-state index >= 15 is 0 Å². The van der Waals surface area contributed by atoms with Crippen LogP contribution in [0.2, 0.25) is 0 Å². The highest BCUT2D eigenvalue weighted by molar-refractivity contribution is 7.99. The van der Waals surface area contributed by atoms with Crippen LogP contribution in [0.1, 0.15) is 0 Å². The first-order chi connectivity index (χ1) is 12.8. The van der Waals surface area contributed by atoms with Crippen molar-refractivity contribution in [1.82, 2.24) is 14.5 Å². The summed E-state index contributed by atoms with van der Waals surface area (Å²) >= 11 is 1.41. The topological polar surface area (TPSA) is 59.8 Å². The van der Waals surface area contributed by atoms with E-state index in [-0.39, 0.29) is 11.7 Å². The summed E-state index contributed by atoms with van der Waals surface area (Å²) in [5, 5.41) is 3.64. The van der Waals surface area contributed by atoms with Gasteiger partial charge >= 0.3 is 0 Å². The number of thioether (sulfide) groups is 1. The molecule has 128 valence electrons. The number of benzene rings is 2. The fraction of sp³-hybridized carbons (Fsp3) is 0.0500. The van der Waals surface area contributed by atoms with Crippen molar-refractivity contribution >= 4 is 34.4 Å². The zero-order valence-electron chi connectivity index (χ0n) is 13.9. The van der Waals surface area contributed by atoms with E-state index in [1.807, 2.05) is 60.7 Å². The van der Waals surface area contributed by atoms with Crippen LogP contribution in [-0.4, -0.2) is 26.2 Å². The molecule has 0 radical (unpaired) electrons. The lowest BCUT2D eigenvalue weighted by Gasteiger charge is -2.09. The molecule has 0 aliphatic heterocycles. The van der Waals surface area contributed by atoms with Gasteiger partial charge in [-0.05, 0) is 36.4 Å². The molecule has 0 aliphatic rings. The Balaban J connectivity index is 1.59. The van der Waals surface area contributed by atoms with E-state index in [1.54, 1.807) is 18.5 Å². The summed E-state index contributed by atoms with van der Waals surface area (Å²) in [5.41, 5.74) is 3.64. The molecule has 0 saturated heterocycles. The van der Waals surface area contributed by atoms with E-state index in [0.29, 0.717) is 5.69 Å². The fourth-order valence-electron chi connectivity index (χ4n) is 2.69. The minimum Gasteiger partial charge on any atom is -0.324 e. The van der Waals surface area contributed by atoms with Crippen LogP contribution in [0.3, 0.4) is 0 Å². The number of anilines is 1. The standard InChI is InChI=1S/C20H16N4OS/c25-19(22-15-7-6-12-21-13-15)14-26-20-23-17-10-4-5-11-18(17)24(20)16-8-2-1-3-9-16/h1-13H,14H2,(H,22,25). The van der Waals surface area contributed by atoms with Crippen molar-refractivity contribution in [3.05, 3.63) is 79.1 Å². The molecule has 0 bridgehead atoms. The second kappa shape index (κ2) is 7.41. The van der Waals surface area contributed by atoms with Crippen LogP contribution in [0.15, 0.2) is 84.3 Å². The molecular weight excluding hydrogens is 344 g/mol. The van der Waals surface area contributed by atoms with Crippen LogP contribution < -0.4 is 5.32 Å². The highest BCUT2D eigenvalue weighted by atomic mass is 32.2. The van der Waals surface area contributed by atoms with Gasteiger partial charge in [-0.15, -0.1) is 0 Å². The maximum Gasteiger partial charge on any atom is 0.234 e. The molecule has 1 amide bonds. The molecule has 2 aromatic heterocycles. The molecule has 26 heavy (non-hydrogen) atoms. The number of fused-ring (bicyclic) bond motifs is 1. The number of hydrogen-bond donors (Lipinski definition) is 1. The van der Waals surface area contributed by atoms with E-state index < -0.39 is 0 Å². The van der Waals surface area contributed by atoms with E-state index in [9.17, 15) is 4.79 Å². The van der Waals surface area contributed by atoms with Gasteiger partial charge in [-0.2, -0.15) is 0 Å². The fourth-order valence-corrected chi connectivity index (χ4v) is 3.52. The number of amides is 1. The quantitative estimate of drug-likeness (QED) is 0.543. The lowest BCUT2D eigenvalue weighted by Crippen LogP contribution is -2.14. The summed E-state index contributed by atoms with van der Waals surface area (Å²) in [5.74, 6) is 0.181. The first-order valence-electron chi connectivity index (χ1n) is 8.17. The van der Waals surface area contributed by atoms with Crippen molar-refractivity contribution in [1.29, 1.82) is 0 Å². The first-order valence-corrected chi connectivity index (χ1v) is 9.15. The van der Waals surface area contributed by atoms with Crippen molar-refractivity contribution in [2.24, 2.45) is 0 Å². The molecule has 2 aromatic carbocycles. The van der Waals surface area contributed by atoms with Crippen molar-refractivity contribution < 1.29 is 4.79 Å². The van der Waals surface area contributed by atoms with Gasteiger partial charge in [0.2, 0.25) is 5.91 Å². The summed E-state index contributed by atoms with van der Waals surface area (Å²) in [6.07, 6.45) is 3.30. The predicted molar refractivity (Wildman–Crippen MR) is 105 cm³/mol. The van der Waals surface area contributed by atoms with Gasteiger partial charge in [-0.25, -0.2) is 4.98 Å². The predicted octanol–water partition coefficient (Wildman–Crippen LogP) is 4.15. The zero-order valence-corrected chi connectivity index (χ0v) is 14.7. The number of rotatable bonds is 5. The number of aromatic nitrogens is 3. The Labute approximate surface area is 155 Å². The molecule has 2 heterocycles. The number of nitrogens with one attached hydrogen (secondary N) is 1. The number of nitrogens with zero attached hydrogens (tertiary/aromatic N) is 3. The van der Waals surface area contributed by atoms with Gasteiger partial charge < -0.3 is 5.32 Å². The van der Waals surface area contributed by atoms with E-state index in [2.05, 4.69) is 14.9 Å². The Bertz CT molecular complexity index is 1030. The van der Waals surface area contributed by atoms with Gasteiger partial charge in [0.15, 0.2) is 5.16 Å². The lowest BCUT2D eigenvalue weighted by molar-refractivity contribution is -0.113. The molecule has 6 heteroatoms. The number of para-hydroxylation sites is 3. The number of hydrogen-bond acceptors (Lipinski definition) is 4. The summed E-state index contributed by atoms with van der Waals surface area (Å²) in [7, 11) is 0. The monoisotopic (exact) mass is 360 g/mol. The Hall–Kier alpha value is -3.12. The Kier molecular flexibility index (Phi) is 4.66. The summed E-state index contributed by atoms with van der Waals surface area (Å²) < 4.78 is 2.08. The molecular formula is C20H16N4OS. The molecule has 0 spiro atoms. The van der Waals surface area contributed by atoms with E-state index in [4.69, 9.17) is 4.98 Å². The van der Waals surface area contributed by atoms with Crippen molar-refractivity contribution in [3.63, 3.8) is 0 Å². The average Bonchev–Trinajstić information content (AvgIpc) is 3.06. The minimum atomic E-state index is -0.0883. The summed E-state index contributed by atoms with van der Waals surface area (Å²) in [6, 6.07) is 21.6. The Morgan fingerprint density at radius 2 is 1.81 bits per heavy atom. The smallest absolute Gasteiger partial charge is 0.234 e. The van der Waals surface area contributed by atoms with Crippen molar-refractivity contribution in [2.75, 3.05) is 11.1 Å². The van der Waals surface area contributed by atoms with Gasteiger partial charge in [0.1, 0.15) is 0 Å². The molecule has 4 rings (SSSR count). The van der Waals surface area contributed by atoms with Crippen LogP contribution in [0.5, 0.6) is 0 Å². The van der Waals surface area contributed by atoms with E-state index in [0.717, 1.165) is 21.9 Å². The summed E-state index contributed by atoms with van der Waals surface area (Å²) in [6.45, 7) is 0. The minimum absolute atomic E-state index is 0.0883. The normalized spacial score (nSPS) is 10.8. The van der Waals surface area contributed by atoms with Crippen LogP contribution in [0, 0.1) is 0 Å². The molecule has 0 unspecified atom stereocenters. The maximum absolute atomic E-state index is 12.3. The van der Waals surface area contributed by atoms with E-state index in [1.165, 1.54) is 11.8 Å². The molecule has 4 aromatic rings. The van der Waals surface area contributed by atoms with Gasteiger partial charge in [-0.3, -0.25) is 14.3 Å². The maximum atomic E-state index is 12.3. The molecule has 0 aliphatic carbocycles. The average molecular weight is 360 g/mol. The third-order valence-electron chi connectivity index (χ3n) is 3.82. The third kappa shape index (κ3) is 3.45. The SMILES string of the molecule is O=C(CSc1nc2ccccc2n1-c1ccccc1)Nc1cccnc1. The molecule has 0 saturated carbocycles. The van der Waals surface area contributed by atoms with Crippen LogP contribution in [-0.2, 0) is 4.79 Å². The highest BCUT2D eigenvalue weighted by Gasteiger charge is 2.14. The Morgan fingerprint density at radius 1 is 1.00 bits per heavy atom.